The Morgan fingerprint density at radius 3 is 2.71 bits per heavy atom. The van der Waals surface area contributed by atoms with E-state index < -0.39 is 5.97 Å². The molecule has 1 aromatic carbocycles. The molecule has 3 N–H and O–H groups in total. The van der Waals surface area contributed by atoms with E-state index in [0.29, 0.717) is 38.2 Å². The van der Waals surface area contributed by atoms with Gasteiger partial charge in [-0.15, -0.1) is 0 Å². The molecule has 0 saturated carbocycles. The van der Waals surface area contributed by atoms with E-state index in [-0.39, 0.29) is 12.1 Å². The number of likely N-dealkylation sites (tertiary alicyclic amines) is 1. The summed E-state index contributed by atoms with van der Waals surface area (Å²) in [4.78, 5) is 27.3. The van der Waals surface area contributed by atoms with Gasteiger partial charge in [0.05, 0.1) is 5.56 Å². The molecular weight excluding hydrogens is 270 g/mol. The number of carboxylic acid groups (broad SMARTS) is 1. The number of fused-ring (bicyclic) bond motifs is 1. The van der Waals surface area contributed by atoms with Crippen molar-refractivity contribution in [1.82, 2.24) is 9.80 Å². The average Bonchev–Trinajstić information content (AvgIpc) is 2.91. The van der Waals surface area contributed by atoms with E-state index in [4.69, 9.17) is 5.73 Å². The minimum atomic E-state index is -0.905. The lowest BCUT2D eigenvalue weighted by molar-refractivity contribution is 0.0695. The molecule has 1 aromatic rings. The van der Waals surface area contributed by atoms with Crippen LogP contribution in [0.5, 0.6) is 0 Å². The summed E-state index contributed by atoms with van der Waals surface area (Å²) in [6.45, 7) is 2.35. The number of benzene rings is 1. The van der Waals surface area contributed by atoms with Crippen molar-refractivity contribution >= 4 is 12.0 Å². The van der Waals surface area contributed by atoms with Crippen molar-refractivity contribution in [2.24, 2.45) is 5.73 Å². The van der Waals surface area contributed by atoms with Crippen LogP contribution in [0.4, 0.5) is 4.79 Å². The molecule has 0 radical (unpaired) electrons. The first-order chi connectivity index (χ1) is 10.1. The van der Waals surface area contributed by atoms with E-state index in [1.807, 2.05) is 6.07 Å². The van der Waals surface area contributed by atoms with Crippen molar-refractivity contribution in [3.05, 3.63) is 34.9 Å². The molecule has 2 amide bonds. The summed E-state index contributed by atoms with van der Waals surface area (Å²) >= 11 is 0. The molecule has 1 atom stereocenters. The van der Waals surface area contributed by atoms with Crippen molar-refractivity contribution in [3.63, 3.8) is 0 Å². The number of hydrogen-bond donors (Lipinski definition) is 2. The molecule has 1 saturated heterocycles. The summed E-state index contributed by atoms with van der Waals surface area (Å²) < 4.78 is 0. The van der Waals surface area contributed by atoms with Crippen molar-refractivity contribution in [1.29, 1.82) is 0 Å². The molecule has 2 aliphatic rings. The van der Waals surface area contributed by atoms with Crippen molar-refractivity contribution < 1.29 is 14.7 Å². The van der Waals surface area contributed by atoms with Crippen molar-refractivity contribution in [3.8, 4) is 0 Å². The van der Waals surface area contributed by atoms with Crippen molar-refractivity contribution in [2.45, 2.75) is 25.4 Å². The Labute approximate surface area is 123 Å². The lowest BCUT2D eigenvalue weighted by atomic mass is 9.94. The molecule has 2 heterocycles. The molecule has 0 bridgehead atoms. The highest BCUT2D eigenvalue weighted by molar-refractivity contribution is 5.90. The number of amides is 2. The largest absolute Gasteiger partial charge is 0.478 e. The first-order valence-corrected chi connectivity index (χ1v) is 7.19. The molecule has 6 nitrogen and oxygen atoms in total. The Kier molecular flexibility index (Phi) is 3.55. The fourth-order valence-corrected chi connectivity index (χ4v) is 3.13. The predicted octanol–water partition coefficient (Wildman–Crippen LogP) is 0.896. The molecule has 0 aromatic heterocycles. The normalized spacial score (nSPS) is 21.3. The van der Waals surface area contributed by atoms with Gasteiger partial charge in [0.15, 0.2) is 0 Å². The number of aromatic carboxylic acids is 1. The number of carbonyl (C=O) groups excluding carboxylic acids is 1. The van der Waals surface area contributed by atoms with Crippen LogP contribution in [0.15, 0.2) is 18.2 Å². The number of urea groups is 1. The molecule has 1 unspecified atom stereocenters. The second kappa shape index (κ2) is 5.37. The van der Waals surface area contributed by atoms with Gasteiger partial charge in [-0.05, 0) is 30.0 Å². The van der Waals surface area contributed by atoms with Crippen LogP contribution >= 0.6 is 0 Å². The maximum atomic E-state index is 12.5. The molecule has 0 aliphatic carbocycles. The van der Waals surface area contributed by atoms with Crippen LogP contribution in [0.3, 0.4) is 0 Å². The van der Waals surface area contributed by atoms with Gasteiger partial charge < -0.3 is 20.6 Å². The number of rotatable bonds is 1. The molecule has 112 valence electrons. The summed E-state index contributed by atoms with van der Waals surface area (Å²) in [6, 6.07) is 5.34. The average molecular weight is 289 g/mol. The van der Waals surface area contributed by atoms with Crippen LogP contribution in [0.25, 0.3) is 0 Å². The smallest absolute Gasteiger partial charge is 0.335 e. The van der Waals surface area contributed by atoms with E-state index in [9.17, 15) is 14.7 Å². The van der Waals surface area contributed by atoms with Gasteiger partial charge in [0.25, 0.3) is 0 Å². The van der Waals surface area contributed by atoms with Crippen LogP contribution in [-0.4, -0.2) is 52.6 Å². The molecule has 0 spiro atoms. The SMILES string of the molecule is NC1CCN(C(=O)N2CCc3c(cccc3C(=O)O)C2)C1. The third-order valence-corrected chi connectivity index (χ3v) is 4.26. The number of carboxylic acids is 1. The predicted molar refractivity (Wildman–Crippen MR) is 77.1 cm³/mol. The number of nitrogens with zero attached hydrogens (tertiary/aromatic N) is 2. The Hall–Kier alpha value is -2.08. The van der Waals surface area contributed by atoms with Gasteiger partial charge in [0, 0.05) is 32.2 Å². The number of carbonyl (C=O) groups is 2. The van der Waals surface area contributed by atoms with Crippen LogP contribution in [-0.2, 0) is 13.0 Å². The van der Waals surface area contributed by atoms with Crippen LogP contribution in [0, 0.1) is 0 Å². The highest BCUT2D eigenvalue weighted by atomic mass is 16.4. The second-order valence-electron chi connectivity index (χ2n) is 5.70. The highest BCUT2D eigenvalue weighted by Crippen LogP contribution is 2.24. The van der Waals surface area contributed by atoms with Gasteiger partial charge >= 0.3 is 12.0 Å². The monoisotopic (exact) mass is 289 g/mol. The Morgan fingerprint density at radius 2 is 2.05 bits per heavy atom. The highest BCUT2D eigenvalue weighted by Gasteiger charge is 2.30. The van der Waals surface area contributed by atoms with E-state index in [0.717, 1.165) is 17.5 Å². The molecule has 6 heteroatoms. The summed E-state index contributed by atoms with van der Waals surface area (Å²) in [5.74, 6) is -0.905. The molecule has 21 heavy (non-hydrogen) atoms. The number of nitrogens with two attached hydrogens (primary N) is 1. The zero-order valence-corrected chi connectivity index (χ0v) is 11.8. The lowest BCUT2D eigenvalue weighted by Crippen LogP contribution is -2.45. The molecule has 1 fully saturated rings. The van der Waals surface area contributed by atoms with Gasteiger partial charge in [-0.3, -0.25) is 0 Å². The van der Waals surface area contributed by atoms with Crippen LogP contribution in [0.1, 0.15) is 27.9 Å². The lowest BCUT2D eigenvalue weighted by Gasteiger charge is -2.32. The third kappa shape index (κ3) is 2.58. The van der Waals surface area contributed by atoms with Gasteiger partial charge in [0.2, 0.25) is 0 Å². The summed E-state index contributed by atoms with van der Waals surface area (Å²) in [5.41, 5.74) is 7.98. The number of hydrogen-bond acceptors (Lipinski definition) is 3. The third-order valence-electron chi connectivity index (χ3n) is 4.26. The fraction of sp³-hybridized carbons (Fsp3) is 0.467. The van der Waals surface area contributed by atoms with Gasteiger partial charge in [-0.25, -0.2) is 9.59 Å². The first-order valence-electron chi connectivity index (χ1n) is 7.19. The molecule has 3 rings (SSSR count). The van der Waals surface area contributed by atoms with Crippen LogP contribution < -0.4 is 5.73 Å². The fourth-order valence-electron chi connectivity index (χ4n) is 3.13. The van der Waals surface area contributed by atoms with E-state index >= 15 is 0 Å². The topological polar surface area (TPSA) is 86.9 Å². The Bertz CT molecular complexity index is 588. The van der Waals surface area contributed by atoms with Gasteiger partial charge in [-0.1, -0.05) is 12.1 Å². The van der Waals surface area contributed by atoms with E-state index in [1.165, 1.54) is 0 Å². The molecule has 2 aliphatic heterocycles. The summed E-state index contributed by atoms with van der Waals surface area (Å²) in [7, 11) is 0. The van der Waals surface area contributed by atoms with E-state index in [2.05, 4.69) is 0 Å². The quantitative estimate of drug-likeness (QED) is 0.804. The standard InChI is InChI=1S/C15H19N3O3/c16-11-4-6-18(9-11)15(21)17-7-5-12-10(8-17)2-1-3-13(12)14(19)20/h1-3,11H,4-9,16H2,(H,19,20). The maximum Gasteiger partial charge on any atom is 0.335 e. The molecular formula is C15H19N3O3. The van der Waals surface area contributed by atoms with E-state index in [1.54, 1.807) is 21.9 Å². The first kappa shape index (κ1) is 13.9. The van der Waals surface area contributed by atoms with Gasteiger partial charge in [0.1, 0.15) is 0 Å². The maximum absolute atomic E-state index is 12.5. The second-order valence-corrected chi connectivity index (χ2v) is 5.70. The van der Waals surface area contributed by atoms with Crippen LogP contribution in [0.2, 0.25) is 0 Å². The minimum Gasteiger partial charge on any atom is -0.478 e. The zero-order chi connectivity index (χ0) is 15.0. The summed E-state index contributed by atoms with van der Waals surface area (Å²) in [5, 5.41) is 9.22. The zero-order valence-electron chi connectivity index (χ0n) is 11.8. The Balaban J connectivity index is 1.77. The minimum absolute atomic E-state index is 0.00864. The van der Waals surface area contributed by atoms with Gasteiger partial charge in [-0.2, -0.15) is 0 Å². The summed E-state index contributed by atoms with van der Waals surface area (Å²) in [6.07, 6.45) is 1.43. The van der Waals surface area contributed by atoms with Crippen molar-refractivity contribution in [2.75, 3.05) is 19.6 Å². The Morgan fingerprint density at radius 1 is 1.24 bits per heavy atom.